The van der Waals surface area contributed by atoms with E-state index in [1.165, 1.54) is 18.2 Å². The molecule has 9 heteroatoms. The van der Waals surface area contributed by atoms with E-state index >= 15 is 0 Å². The molecule has 0 aromatic heterocycles. The molecule has 0 radical (unpaired) electrons. The van der Waals surface area contributed by atoms with Crippen LogP contribution in [0.4, 0.5) is 0 Å². The molecule has 0 aliphatic carbocycles. The lowest BCUT2D eigenvalue weighted by molar-refractivity contribution is -0.122. The highest BCUT2D eigenvalue weighted by Crippen LogP contribution is 2.27. The quantitative estimate of drug-likeness (QED) is 0.414. The Morgan fingerprint density at radius 3 is 2.32 bits per heavy atom. The van der Waals surface area contributed by atoms with Crippen molar-refractivity contribution in [2.75, 3.05) is 13.7 Å². The van der Waals surface area contributed by atoms with E-state index < -0.39 is 22.0 Å². The van der Waals surface area contributed by atoms with Crippen molar-refractivity contribution in [2.45, 2.75) is 30.8 Å². The molecule has 1 unspecified atom stereocenters. The number of carbonyl (C=O) groups is 1. The van der Waals surface area contributed by atoms with Crippen LogP contribution in [0.2, 0.25) is 5.02 Å². The van der Waals surface area contributed by atoms with Crippen molar-refractivity contribution in [3.63, 3.8) is 0 Å². The molecule has 7 nitrogen and oxygen atoms in total. The molecule has 34 heavy (non-hydrogen) atoms. The average molecular weight is 503 g/mol. The monoisotopic (exact) mass is 502 g/mol. The van der Waals surface area contributed by atoms with Crippen LogP contribution >= 0.6 is 11.6 Å². The van der Waals surface area contributed by atoms with Crippen molar-refractivity contribution in [3.05, 3.63) is 88.9 Å². The van der Waals surface area contributed by atoms with Crippen molar-refractivity contribution in [2.24, 2.45) is 0 Å². The summed E-state index contributed by atoms with van der Waals surface area (Å²) in [6, 6.07) is 19.6. The highest BCUT2D eigenvalue weighted by molar-refractivity contribution is 7.89. The van der Waals surface area contributed by atoms with Crippen molar-refractivity contribution in [3.8, 4) is 11.5 Å². The lowest BCUT2D eigenvalue weighted by atomic mass is 10.1. The van der Waals surface area contributed by atoms with Gasteiger partial charge in [0.05, 0.1) is 23.6 Å². The fraction of sp³-hybridized carbons (Fsp3) is 0.240. The summed E-state index contributed by atoms with van der Waals surface area (Å²) >= 11 is 6.18. The first-order valence-corrected chi connectivity index (χ1v) is 12.6. The minimum Gasteiger partial charge on any atom is -0.497 e. The predicted octanol–water partition coefficient (Wildman–Crippen LogP) is 3.95. The molecule has 0 aliphatic rings. The van der Waals surface area contributed by atoms with Gasteiger partial charge in [-0.15, -0.1) is 0 Å². The molecule has 0 saturated heterocycles. The topological polar surface area (TPSA) is 93.7 Å². The van der Waals surface area contributed by atoms with E-state index in [9.17, 15) is 13.2 Å². The normalized spacial score (nSPS) is 12.1. The Morgan fingerprint density at radius 1 is 1.00 bits per heavy atom. The van der Waals surface area contributed by atoms with E-state index in [4.69, 9.17) is 21.1 Å². The van der Waals surface area contributed by atoms with Crippen LogP contribution in [0.1, 0.15) is 18.1 Å². The number of amides is 1. The maximum atomic E-state index is 13.1. The highest BCUT2D eigenvalue weighted by Gasteiger charge is 2.26. The molecule has 2 N–H and O–H groups in total. The number of hydrogen-bond donors (Lipinski definition) is 2. The zero-order chi connectivity index (χ0) is 24.6. The van der Waals surface area contributed by atoms with Crippen LogP contribution < -0.4 is 19.5 Å². The van der Waals surface area contributed by atoms with E-state index in [1.54, 1.807) is 26.2 Å². The summed E-state index contributed by atoms with van der Waals surface area (Å²) in [4.78, 5) is 13.0. The van der Waals surface area contributed by atoms with Gasteiger partial charge in [-0.3, -0.25) is 4.79 Å². The summed E-state index contributed by atoms with van der Waals surface area (Å²) in [5.41, 5.74) is 1.67. The largest absolute Gasteiger partial charge is 0.497 e. The molecule has 0 fully saturated rings. The van der Waals surface area contributed by atoms with E-state index in [0.717, 1.165) is 11.1 Å². The number of carbonyl (C=O) groups excluding carboxylic acids is 1. The van der Waals surface area contributed by atoms with Crippen molar-refractivity contribution < 1.29 is 22.7 Å². The van der Waals surface area contributed by atoms with E-state index in [2.05, 4.69) is 10.0 Å². The SMILES string of the molecule is CCOc1ccc(S(=O)(=O)NC(Cc2ccccc2)C(=O)NCc2ccc(OC)cc2)cc1Cl. The Labute approximate surface area is 205 Å². The third kappa shape index (κ3) is 6.96. The lowest BCUT2D eigenvalue weighted by Gasteiger charge is -2.19. The second kappa shape index (κ2) is 11.9. The highest BCUT2D eigenvalue weighted by atomic mass is 35.5. The molecule has 1 atom stereocenters. The molecule has 0 spiro atoms. The predicted molar refractivity (Wildman–Crippen MR) is 132 cm³/mol. The van der Waals surface area contributed by atoms with Crippen LogP contribution in [-0.2, 0) is 27.8 Å². The zero-order valence-electron chi connectivity index (χ0n) is 19.0. The second-order valence-corrected chi connectivity index (χ2v) is 9.58. The summed E-state index contributed by atoms with van der Waals surface area (Å²) < 4.78 is 39.2. The number of sulfonamides is 1. The molecule has 3 aromatic carbocycles. The summed E-state index contributed by atoms with van der Waals surface area (Å²) in [5, 5.41) is 2.99. The number of nitrogens with one attached hydrogen (secondary N) is 2. The van der Waals surface area contributed by atoms with Crippen LogP contribution in [0, 0.1) is 0 Å². The third-order valence-electron chi connectivity index (χ3n) is 5.04. The van der Waals surface area contributed by atoms with Gasteiger partial charge < -0.3 is 14.8 Å². The van der Waals surface area contributed by atoms with Crippen LogP contribution in [0.3, 0.4) is 0 Å². The minimum atomic E-state index is -4.04. The van der Waals surface area contributed by atoms with Gasteiger partial charge >= 0.3 is 0 Å². The molecule has 180 valence electrons. The molecular formula is C25H27ClN2O5S. The first-order chi connectivity index (χ1) is 16.3. The molecule has 3 aromatic rings. The van der Waals surface area contributed by atoms with Gasteiger partial charge in [0, 0.05) is 6.54 Å². The number of ether oxygens (including phenoxy) is 2. The Hall–Kier alpha value is -3.07. The molecule has 1 amide bonds. The maximum absolute atomic E-state index is 13.1. The van der Waals surface area contributed by atoms with Gasteiger partial charge in [-0.2, -0.15) is 4.72 Å². The van der Waals surface area contributed by atoms with Gasteiger partial charge in [0.1, 0.15) is 17.5 Å². The van der Waals surface area contributed by atoms with Gasteiger partial charge in [-0.25, -0.2) is 8.42 Å². The Balaban J connectivity index is 1.78. The van der Waals surface area contributed by atoms with Crippen molar-refractivity contribution in [1.82, 2.24) is 10.0 Å². The fourth-order valence-corrected chi connectivity index (χ4v) is 4.79. The van der Waals surface area contributed by atoms with Gasteiger partial charge in [0.15, 0.2) is 0 Å². The van der Waals surface area contributed by atoms with Gasteiger partial charge in [-0.05, 0) is 54.8 Å². The number of methoxy groups -OCH3 is 1. The van der Waals surface area contributed by atoms with Crippen LogP contribution in [-0.4, -0.2) is 34.1 Å². The van der Waals surface area contributed by atoms with Crippen LogP contribution in [0.15, 0.2) is 77.7 Å². The van der Waals surface area contributed by atoms with Crippen molar-refractivity contribution >= 4 is 27.5 Å². The summed E-state index contributed by atoms with van der Waals surface area (Å²) in [7, 11) is -2.46. The molecule has 0 aliphatic heterocycles. The molecule has 0 heterocycles. The molecule has 3 rings (SSSR count). The zero-order valence-corrected chi connectivity index (χ0v) is 20.5. The number of benzene rings is 3. The Kier molecular flexibility index (Phi) is 8.92. The molecular weight excluding hydrogens is 476 g/mol. The van der Waals surface area contributed by atoms with Crippen LogP contribution in [0.5, 0.6) is 11.5 Å². The van der Waals surface area contributed by atoms with Crippen LogP contribution in [0.25, 0.3) is 0 Å². The average Bonchev–Trinajstić information content (AvgIpc) is 2.84. The second-order valence-electron chi connectivity index (χ2n) is 7.45. The van der Waals surface area contributed by atoms with Gasteiger partial charge in [-0.1, -0.05) is 54.1 Å². The standard InChI is InChI=1S/C25H27ClN2O5S/c1-3-33-24-14-13-21(16-22(24)26)34(30,31)28-23(15-18-7-5-4-6-8-18)25(29)27-17-19-9-11-20(32-2)12-10-19/h4-14,16,23,28H,3,15,17H2,1-2H3,(H,27,29). The Bertz CT molecular complexity index is 1200. The summed E-state index contributed by atoms with van der Waals surface area (Å²) in [5.74, 6) is 0.653. The summed E-state index contributed by atoms with van der Waals surface area (Å²) in [6.07, 6.45) is 0.180. The third-order valence-corrected chi connectivity index (χ3v) is 6.80. The van der Waals surface area contributed by atoms with Crippen molar-refractivity contribution in [1.29, 1.82) is 0 Å². The molecule has 0 saturated carbocycles. The van der Waals surface area contributed by atoms with E-state index in [1.807, 2.05) is 42.5 Å². The molecule has 0 bridgehead atoms. The number of hydrogen-bond acceptors (Lipinski definition) is 5. The van der Waals surface area contributed by atoms with E-state index in [0.29, 0.717) is 18.1 Å². The fourth-order valence-electron chi connectivity index (χ4n) is 3.27. The number of halogens is 1. The number of rotatable bonds is 11. The smallest absolute Gasteiger partial charge is 0.241 e. The van der Waals surface area contributed by atoms with Gasteiger partial charge in [0.2, 0.25) is 15.9 Å². The minimum absolute atomic E-state index is 0.0537. The lowest BCUT2D eigenvalue weighted by Crippen LogP contribution is -2.47. The van der Waals surface area contributed by atoms with Gasteiger partial charge in [0.25, 0.3) is 0 Å². The first kappa shape index (κ1) is 25.6. The Morgan fingerprint density at radius 2 is 1.71 bits per heavy atom. The first-order valence-electron chi connectivity index (χ1n) is 10.7. The summed E-state index contributed by atoms with van der Waals surface area (Å²) in [6.45, 7) is 2.45. The van der Waals surface area contributed by atoms with E-state index in [-0.39, 0.29) is 22.9 Å². The maximum Gasteiger partial charge on any atom is 0.241 e.